The van der Waals surface area contributed by atoms with Crippen molar-refractivity contribution in [3.05, 3.63) is 0 Å². The SMILES string of the molecule is CCOC(=O)C(C)C1CNC(=O)O1. The van der Waals surface area contributed by atoms with E-state index >= 15 is 0 Å². The molecule has 1 heterocycles. The maximum atomic E-state index is 11.2. The number of amides is 1. The van der Waals surface area contributed by atoms with E-state index in [1.807, 2.05) is 0 Å². The van der Waals surface area contributed by atoms with Crippen LogP contribution in [-0.2, 0) is 14.3 Å². The molecule has 0 spiro atoms. The highest BCUT2D eigenvalue weighted by molar-refractivity contribution is 5.75. The lowest BCUT2D eigenvalue weighted by molar-refractivity contribution is -0.150. The van der Waals surface area contributed by atoms with Gasteiger partial charge in [-0.3, -0.25) is 4.79 Å². The second-order valence-electron chi connectivity index (χ2n) is 2.87. The molecule has 0 aliphatic carbocycles. The summed E-state index contributed by atoms with van der Waals surface area (Å²) in [6.45, 7) is 4.14. The third-order valence-corrected chi connectivity index (χ3v) is 1.92. The first-order chi connectivity index (χ1) is 6.15. The van der Waals surface area contributed by atoms with Crippen LogP contribution in [0.1, 0.15) is 13.8 Å². The van der Waals surface area contributed by atoms with Crippen molar-refractivity contribution in [2.45, 2.75) is 20.0 Å². The zero-order valence-electron chi connectivity index (χ0n) is 7.70. The van der Waals surface area contributed by atoms with Crippen molar-refractivity contribution in [2.75, 3.05) is 13.2 Å². The summed E-state index contributed by atoms with van der Waals surface area (Å²) in [5, 5.41) is 2.48. The number of nitrogens with one attached hydrogen (secondary N) is 1. The monoisotopic (exact) mass is 187 g/mol. The molecule has 1 aliphatic heterocycles. The van der Waals surface area contributed by atoms with E-state index < -0.39 is 18.1 Å². The van der Waals surface area contributed by atoms with Gasteiger partial charge in [-0.1, -0.05) is 0 Å². The van der Waals surface area contributed by atoms with Gasteiger partial charge in [0.15, 0.2) is 0 Å². The predicted molar refractivity (Wildman–Crippen MR) is 44.1 cm³/mol. The number of hydrogen-bond acceptors (Lipinski definition) is 4. The molecule has 0 saturated carbocycles. The highest BCUT2D eigenvalue weighted by Gasteiger charge is 2.32. The van der Waals surface area contributed by atoms with E-state index in [1.54, 1.807) is 13.8 Å². The van der Waals surface area contributed by atoms with E-state index in [-0.39, 0.29) is 5.97 Å². The van der Waals surface area contributed by atoms with Crippen molar-refractivity contribution in [1.29, 1.82) is 0 Å². The minimum atomic E-state index is -0.471. The molecular formula is C8H13NO4. The number of alkyl carbamates (subject to hydrolysis) is 1. The molecule has 0 bridgehead atoms. The molecule has 1 amide bonds. The molecule has 0 aromatic carbocycles. The molecule has 5 heteroatoms. The maximum absolute atomic E-state index is 11.2. The minimum Gasteiger partial charge on any atom is -0.466 e. The average molecular weight is 187 g/mol. The number of cyclic esters (lactones) is 1. The Balaban J connectivity index is 2.43. The summed E-state index contributed by atoms with van der Waals surface area (Å²) < 4.78 is 9.63. The van der Waals surface area contributed by atoms with Crippen molar-refractivity contribution in [2.24, 2.45) is 5.92 Å². The van der Waals surface area contributed by atoms with Gasteiger partial charge in [-0.05, 0) is 13.8 Å². The maximum Gasteiger partial charge on any atom is 0.407 e. The van der Waals surface area contributed by atoms with Gasteiger partial charge in [0.2, 0.25) is 0 Å². The normalized spacial score (nSPS) is 23.2. The number of rotatable bonds is 3. The highest BCUT2D eigenvalue weighted by atomic mass is 16.6. The van der Waals surface area contributed by atoms with Gasteiger partial charge >= 0.3 is 12.1 Å². The number of ether oxygens (including phenoxy) is 2. The molecule has 1 aliphatic rings. The molecule has 0 aromatic heterocycles. The largest absolute Gasteiger partial charge is 0.466 e. The molecule has 2 atom stereocenters. The summed E-state index contributed by atoms with van der Waals surface area (Å²) in [6, 6.07) is 0. The van der Waals surface area contributed by atoms with Gasteiger partial charge in [-0.25, -0.2) is 4.79 Å². The third kappa shape index (κ3) is 2.34. The van der Waals surface area contributed by atoms with E-state index in [1.165, 1.54) is 0 Å². The van der Waals surface area contributed by atoms with E-state index in [0.29, 0.717) is 13.2 Å². The van der Waals surface area contributed by atoms with Crippen LogP contribution < -0.4 is 5.32 Å². The molecule has 0 aromatic rings. The van der Waals surface area contributed by atoms with Gasteiger partial charge < -0.3 is 14.8 Å². The van der Waals surface area contributed by atoms with Crippen LogP contribution in [0.4, 0.5) is 4.79 Å². The fraction of sp³-hybridized carbons (Fsp3) is 0.750. The van der Waals surface area contributed by atoms with E-state index in [4.69, 9.17) is 9.47 Å². The van der Waals surface area contributed by atoms with Crippen LogP contribution in [0.2, 0.25) is 0 Å². The molecule has 2 unspecified atom stereocenters. The average Bonchev–Trinajstić information content (AvgIpc) is 2.51. The fourth-order valence-corrected chi connectivity index (χ4v) is 1.11. The standard InChI is InChI=1S/C8H13NO4/c1-3-12-7(10)5(2)6-4-9-8(11)13-6/h5-6H,3-4H2,1-2H3,(H,9,11). The smallest absolute Gasteiger partial charge is 0.407 e. The Morgan fingerprint density at radius 2 is 2.54 bits per heavy atom. The van der Waals surface area contributed by atoms with Crippen LogP contribution in [0.15, 0.2) is 0 Å². The molecule has 1 rings (SSSR count). The number of hydrogen-bond donors (Lipinski definition) is 1. The van der Waals surface area contributed by atoms with Gasteiger partial charge in [0, 0.05) is 0 Å². The van der Waals surface area contributed by atoms with E-state index in [0.717, 1.165) is 0 Å². The van der Waals surface area contributed by atoms with Crippen molar-refractivity contribution in [1.82, 2.24) is 5.32 Å². The van der Waals surface area contributed by atoms with Crippen molar-refractivity contribution in [3.8, 4) is 0 Å². The lowest BCUT2D eigenvalue weighted by atomic mass is 10.1. The Morgan fingerprint density at radius 3 is 3.00 bits per heavy atom. The predicted octanol–water partition coefficient (Wildman–Crippen LogP) is 0.294. The molecular weight excluding hydrogens is 174 g/mol. The van der Waals surface area contributed by atoms with Crippen molar-refractivity contribution >= 4 is 12.1 Å². The van der Waals surface area contributed by atoms with Crippen LogP contribution in [0.5, 0.6) is 0 Å². The van der Waals surface area contributed by atoms with Crippen molar-refractivity contribution in [3.63, 3.8) is 0 Å². The Morgan fingerprint density at radius 1 is 1.85 bits per heavy atom. The van der Waals surface area contributed by atoms with E-state index in [2.05, 4.69) is 5.32 Å². The minimum absolute atomic E-state index is 0.330. The number of carbonyl (C=O) groups excluding carboxylic acids is 2. The molecule has 1 N–H and O–H groups in total. The van der Waals surface area contributed by atoms with Crippen LogP contribution in [0.25, 0.3) is 0 Å². The highest BCUT2D eigenvalue weighted by Crippen LogP contribution is 2.13. The summed E-state index contributed by atoms with van der Waals surface area (Å²) in [5.74, 6) is -0.733. The second kappa shape index (κ2) is 4.11. The van der Waals surface area contributed by atoms with Crippen molar-refractivity contribution < 1.29 is 19.1 Å². The summed E-state index contributed by atoms with van der Waals surface area (Å²) in [7, 11) is 0. The third-order valence-electron chi connectivity index (χ3n) is 1.92. The summed E-state index contributed by atoms with van der Waals surface area (Å²) in [6.07, 6.45) is -0.868. The molecule has 74 valence electrons. The molecule has 5 nitrogen and oxygen atoms in total. The van der Waals surface area contributed by atoms with Crippen LogP contribution in [-0.4, -0.2) is 31.3 Å². The molecule has 1 fully saturated rings. The lowest BCUT2D eigenvalue weighted by Crippen LogP contribution is -2.30. The Kier molecular flexibility index (Phi) is 3.11. The summed E-state index contributed by atoms with van der Waals surface area (Å²) >= 11 is 0. The zero-order valence-corrected chi connectivity index (χ0v) is 7.70. The zero-order chi connectivity index (χ0) is 9.84. The lowest BCUT2D eigenvalue weighted by Gasteiger charge is -2.14. The van der Waals surface area contributed by atoms with Crippen LogP contribution >= 0.6 is 0 Å². The molecule has 1 saturated heterocycles. The Labute approximate surface area is 76.4 Å². The van der Waals surface area contributed by atoms with Crippen LogP contribution in [0.3, 0.4) is 0 Å². The first kappa shape index (κ1) is 9.83. The first-order valence-corrected chi connectivity index (χ1v) is 4.26. The van der Waals surface area contributed by atoms with E-state index in [9.17, 15) is 9.59 Å². The molecule has 13 heavy (non-hydrogen) atoms. The van der Waals surface area contributed by atoms with Crippen LogP contribution in [0, 0.1) is 5.92 Å². The quantitative estimate of drug-likeness (QED) is 0.645. The van der Waals surface area contributed by atoms with Gasteiger partial charge in [0.05, 0.1) is 19.1 Å². The number of esters is 1. The van der Waals surface area contributed by atoms with Gasteiger partial charge in [-0.15, -0.1) is 0 Å². The summed E-state index contributed by atoms with van der Waals surface area (Å²) in [4.78, 5) is 21.8. The number of carbonyl (C=O) groups is 2. The van der Waals surface area contributed by atoms with Gasteiger partial charge in [0.25, 0.3) is 0 Å². The first-order valence-electron chi connectivity index (χ1n) is 4.26. The topological polar surface area (TPSA) is 64.6 Å². The van der Waals surface area contributed by atoms with Gasteiger partial charge in [0.1, 0.15) is 6.10 Å². The Hall–Kier alpha value is -1.26. The Bertz CT molecular complexity index is 216. The summed E-state index contributed by atoms with van der Waals surface area (Å²) in [5.41, 5.74) is 0. The molecule has 0 radical (unpaired) electrons. The van der Waals surface area contributed by atoms with Gasteiger partial charge in [-0.2, -0.15) is 0 Å². The fourth-order valence-electron chi connectivity index (χ4n) is 1.11. The second-order valence-corrected chi connectivity index (χ2v) is 2.87.